The number of carbonyl (C=O) groups excluding carboxylic acids is 2. The maximum Gasteiger partial charge on any atom is 0.244 e. The first-order valence-corrected chi connectivity index (χ1v) is 6.52. The molecule has 0 saturated heterocycles. The molecule has 0 aliphatic rings. The molecule has 2 amide bonds. The largest absolute Gasteiger partial charge is 0.347 e. The molecule has 0 heterocycles. The Bertz CT molecular complexity index is 277. The molecule has 0 aromatic carbocycles. The quantitative estimate of drug-likeness (QED) is 0.706. The number of rotatable bonds is 7. The summed E-state index contributed by atoms with van der Waals surface area (Å²) in [5, 5.41) is 2.74. The highest BCUT2D eigenvalue weighted by atomic mass is 16.2. The van der Waals surface area contributed by atoms with Gasteiger partial charge in [0.25, 0.3) is 0 Å². The third-order valence-electron chi connectivity index (χ3n) is 2.91. The number of nitrogens with one attached hydrogen (secondary N) is 1. The van der Waals surface area contributed by atoms with Crippen molar-refractivity contribution in [1.82, 2.24) is 10.2 Å². The second kappa shape index (κ2) is 8.08. The van der Waals surface area contributed by atoms with E-state index in [2.05, 4.69) is 5.32 Å². The Hall–Kier alpha value is -1.10. The minimum absolute atomic E-state index is 0.0672. The summed E-state index contributed by atoms with van der Waals surface area (Å²) in [7, 11) is 3.36. The zero-order valence-electron chi connectivity index (χ0n) is 12.2. The summed E-state index contributed by atoms with van der Waals surface area (Å²) >= 11 is 0. The van der Waals surface area contributed by atoms with E-state index in [1.54, 1.807) is 21.0 Å². The second-order valence-electron chi connectivity index (χ2n) is 5.27. The number of nitrogens with zero attached hydrogens (tertiary/aromatic N) is 1. The first-order chi connectivity index (χ1) is 8.25. The maximum absolute atomic E-state index is 11.8. The summed E-state index contributed by atoms with van der Waals surface area (Å²) < 4.78 is 0. The highest BCUT2D eigenvalue weighted by molar-refractivity contribution is 5.87. The van der Waals surface area contributed by atoms with Gasteiger partial charge >= 0.3 is 0 Å². The van der Waals surface area contributed by atoms with E-state index in [0.717, 1.165) is 19.3 Å². The van der Waals surface area contributed by atoms with Crippen molar-refractivity contribution in [1.29, 1.82) is 0 Å². The van der Waals surface area contributed by atoms with Crippen molar-refractivity contribution in [2.24, 2.45) is 11.7 Å². The third-order valence-corrected chi connectivity index (χ3v) is 2.91. The van der Waals surface area contributed by atoms with Crippen LogP contribution < -0.4 is 11.1 Å². The van der Waals surface area contributed by atoms with E-state index in [4.69, 9.17) is 5.73 Å². The number of hydrogen-bond donors (Lipinski definition) is 2. The first-order valence-electron chi connectivity index (χ1n) is 6.52. The van der Waals surface area contributed by atoms with Gasteiger partial charge < -0.3 is 16.0 Å². The lowest BCUT2D eigenvalue weighted by molar-refractivity contribution is -0.135. The normalized spacial score (nSPS) is 15.7. The van der Waals surface area contributed by atoms with Gasteiger partial charge in [0.05, 0.1) is 0 Å². The van der Waals surface area contributed by atoms with Crippen LogP contribution in [0, 0.1) is 5.92 Å². The molecule has 0 fully saturated rings. The van der Waals surface area contributed by atoms with Gasteiger partial charge in [-0.15, -0.1) is 0 Å². The van der Waals surface area contributed by atoms with Crippen molar-refractivity contribution in [3.63, 3.8) is 0 Å². The van der Waals surface area contributed by atoms with Gasteiger partial charge in [0.1, 0.15) is 6.04 Å². The van der Waals surface area contributed by atoms with Crippen LogP contribution in [0.3, 0.4) is 0 Å². The van der Waals surface area contributed by atoms with Crippen LogP contribution in [-0.4, -0.2) is 42.9 Å². The maximum atomic E-state index is 11.8. The van der Waals surface area contributed by atoms with Crippen LogP contribution >= 0.6 is 0 Å². The number of amides is 2. The molecule has 0 spiro atoms. The molecule has 0 saturated carbocycles. The molecule has 0 rings (SSSR count). The average molecular weight is 257 g/mol. The lowest BCUT2D eigenvalue weighted by Gasteiger charge is -2.20. The molecule has 0 bridgehead atoms. The summed E-state index contributed by atoms with van der Waals surface area (Å²) in [6.07, 6.45) is 2.66. The second-order valence-corrected chi connectivity index (χ2v) is 5.27. The molecule has 0 aromatic heterocycles. The standard InChI is InChI=1S/C13H27N3O2/c1-9(7-6-8-10(2)14)12(17)15-11(3)13(18)16(4)5/h9-11H,6-8,14H2,1-5H3,(H,15,17). The average Bonchev–Trinajstić information content (AvgIpc) is 2.26. The van der Waals surface area contributed by atoms with E-state index < -0.39 is 6.04 Å². The third kappa shape index (κ3) is 6.59. The van der Waals surface area contributed by atoms with Crippen LogP contribution in [0.25, 0.3) is 0 Å². The smallest absolute Gasteiger partial charge is 0.244 e. The molecular weight excluding hydrogens is 230 g/mol. The van der Waals surface area contributed by atoms with Gasteiger partial charge in [-0.2, -0.15) is 0 Å². The van der Waals surface area contributed by atoms with E-state index in [1.165, 1.54) is 4.90 Å². The summed E-state index contributed by atoms with van der Waals surface area (Å²) in [6.45, 7) is 5.54. The number of hydrogen-bond acceptors (Lipinski definition) is 3. The Labute approximate surface area is 110 Å². The molecule has 0 aliphatic heterocycles. The van der Waals surface area contributed by atoms with E-state index in [1.807, 2.05) is 13.8 Å². The number of likely N-dealkylation sites (N-methyl/N-ethyl adjacent to an activating group) is 1. The van der Waals surface area contributed by atoms with Crippen molar-refractivity contribution in [3.8, 4) is 0 Å². The van der Waals surface area contributed by atoms with Gasteiger partial charge in [-0.3, -0.25) is 9.59 Å². The highest BCUT2D eigenvalue weighted by Crippen LogP contribution is 2.09. The Morgan fingerprint density at radius 2 is 1.72 bits per heavy atom. The van der Waals surface area contributed by atoms with E-state index >= 15 is 0 Å². The van der Waals surface area contributed by atoms with Gasteiger partial charge in [0.15, 0.2) is 0 Å². The molecule has 0 radical (unpaired) electrons. The van der Waals surface area contributed by atoms with Crippen molar-refractivity contribution in [2.75, 3.05) is 14.1 Å². The molecule has 5 heteroatoms. The number of carbonyl (C=O) groups is 2. The molecule has 0 aromatic rings. The van der Waals surface area contributed by atoms with Gasteiger partial charge in [-0.05, 0) is 26.7 Å². The topological polar surface area (TPSA) is 75.4 Å². The van der Waals surface area contributed by atoms with Crippen LogP contribution in [0.1, 0.15) is 40.0 Å². The predicted octanol–water partition coefficient (Wildman–Crippen LogP) is 0.733. The van der Waals surface area contributed by atoms with Crippen LogP contribution in [0.2, 0.25) is 0 Å². The fraction of sp³-hybridized carbons (Fsp3) is 0.846. The molecule has 18 heavy (non-hydrogen) atoms. The summed E-state index contributed by atoms with van der Waals surface area (Å²) in [5.41, 5.74) is 5.66. The minimum Gasteiger partial charge on any atom is -0.347 e. The monoisotopic (exact) mass is 257 g/mol. The lowest BCUT2D eigenvalue weighted by atomic mass is 10.0. The highest BCUT2D eigenvalue weighted by Gasteiger charge is 2.20. The molecule has 3 unspecified atom stereocenters. The van der Waals surface area contributed by atoms with Crippen molar-refractivity contribution in [3.05, 3.63) is 0 Å². The summed E-state index contributed by atoms with van der Waals surface area (Å²) in [5.74, 6) is -0.241. The number of nitrogens with two attached hydrogens (primary N) is 1. The van der Waals surface area contributed by atoms with Crippen molar-refractivity contribution >= 4 is 11.8 Å². The van der Waals surface area contributed by atoms with Gasteiger partial charge in [0, 0.05) is 26.1 Å². The summed E-state index contributed by atoms with van der Waals surface area (Å²) in [6, 6.07) is -0.294. The van der Waals surface area contributed by atoms with Crippen LogP contribution in [0.15, 0.2) is 0 Å². The van der Waals surface area contributed by atoms with Crippen LogP contribution in [0.4, 0.5) is 0 Å². The van der Waals surface area contributed by atoms with Gasteiger partial charge in [-0.25, -0.2) is 0 Å². The fourth-order valence-electron chi connectivity index (χ4n) is 1.68. The van der Waals surface area contributed by atoms with E-state index in [9.17, 15) is 9.59 Å². The molecule has 3 N–H and O–H groups in total. The van der Waals surface area contributed by atoms with Crippen molar-refractivity contribution < 1.29 is 9.59 Å². The molecule has 106 valence electrons. The Morgan fingerprint density at radius 3 is 2.17 bits per heavy atom. The first kappa shape index (κ1) is 16.9. The van der Waals surface area contributed by atoms with Crippen LogP contribution in [-0.2, 0) is 9.59 Å². The van der Waals surface area contributed by atoms with Gasteiger partial charge in [-0.1, -0.05) is 13.3 Å². The predicted molar refractivity (Wildman–Crippen MR) is 73.0 cm³/mol. The summed E-state index contributed by atoms with van der Waals surface area (Å²) in [4.78, 5) is 24.9. The molecule has 5 nitrogen and oxygen atoms in total. The Kier molecular flexibility index (Phi) is 7.59. The van der Waals surface area contributed by atoms with E-state index in [0.29, 0.717) is 0 Å². The fourth-order valence-corrected chi connectivity index (χ4v) is 1.68. The zero-order valence-corrected chi connectivity index (χ0v) is 12.2. The minimum atomic E-state index is -0.469. The lowest BCUT2D eigenvalue weighted by Crippen LogP contribution is -2.45. The SMILES string of the molecule is CC(N)CCCC(C)C(=O)NC(C)C(=O)N(C)C. The van der Waals surface area contributed by atoms with Crippen molar-refractivity contribution in [2.45, 2.75) is 52.1 Å². The van der Waals surface area contributed by atoms with Crippen LogP contribution in [0.5, 0.6) is 0 Å². The Balaban J connectivity index is 4.04. The zero-order chi connectivity index (χ0) is 14.3. The molecule has 3 atom stereocenters. The Morgan fingerprint density at radius 1 is 1.17 bits per heavy atom. The van der Waals surface area contributed by atoms with E-state index in [-0.39, 0.29) is 23.8 Å². The van der Waals surface area contributed by atoms with Gasteiger partial charge in [0.2, 0.25) is 11.8 Å². The molecule has 0 aliphatic carbocycles. The molecular formula is C13H27N3O2.